The molecule has 0 saturated carbocycles. The summed E-state index contributed by atoms with van der Waals surface area (Å²) in [5.74, 6) is -0.457. The molecule has 0 aliphatic heterocycles. The van der Waals surface area contributed by atoms with Gasteiger partial charge < -0.3 is 5.11 Å². The van der Waals surface area contributed by atoms with Crippen LogP contribution < -0.4 is 0 Å². The number of aromatic nitrogens is 4. The lowest BCUT2D eigenvalue weighted by Crippen LogP contribution is -2.03. The minimum atomic E-state index is -0.457. The van der Waals surface area contributed by atoms with E-state index in [0.29, 0.717) is 11.4 Å². The van der Waals surface area contributed by atoms with Crippen LogP contribution in [0, 0.1) is 5.82 Å². The highest BCUT2D eigenvalue weighted by Gasteiger charge is 2.05. The Kier molecular flexibility index (Phi) is 2.19. The third-order valence-corrected chi connectivity index (χ3v) is 1.72. The Morgan fingerprint density at radius 1 is 1.36 bits per heavy atom. The van der Waals surface area contributed by atoms with Gasteiger partial charge in [0.1, 0.15) is 5.82 Å². The van der Waals surface area contributed by atoms with Gasteiger partial charge in [0.25, 0.3) is 0 Å². The summed E-state index contributed by atoms with van der Waals surface area (Å²) >= 11 is 0. The van der Waals surface area contributed by atoms with Crippen LogP contribution in [0.4, 0.5) is 4.39 Å². The lowest BCUT2D eigenvalue weighted by molar-refractivity contribution is 0.273. The molecule has 6 heteroatoms. The van der Waals surface area contributed by atoms with Gasteiger partial charge in [0.2, 0.25) is 0 Å². The number of aliphatic hydroxyl groups excluding tert-OH is 1. The summed E-state index contributed by atoms with van der Waals surface area (Å²) in [5, 5.41) is 16.2. The van der Waals surface area contributed by atoms with Gasteiger partial charge in [-0.25, -0.2) is 9.07 Å². The molecular formula is C8H7FN4O. The molecule has 0 radical (unpaired) electrons. The fourth-order valence-corrected chi connectivity index (χ4v) is 1.10. The van der Waals surface area contributed by atoms with Gasteiger partial charge in [-0.3, -0.25) is 4.98 Å². The number of aliphatic hydroxyl groups is 1. The van der Waals surface area contributed by atoms with E-state index in [2.05, 4.69) is 15.3 Å². The van der Waals surface area contributed by atoms with Gasteiger partial charge in [-0.05, 0) is 0 Å². The number of halogens is 1. The third-order valence-electron chi connectivity index (χ3n) is 1.72. The number of hydrogen-bond donors (Lipinski definition) is 1. The van der Waals surface area contributed by atoms with E-state index >= 15 is 0 Å². The predicted molar refractivity (Wildman–Crippen MR) is 45.0 cm³/mol. The Labute approximate surface area is 78.8 Å². The molecule has 2 rings (SSSR count). The van der Waals surface area contributed by atoms with Gasteiger partial charge in [-0.15, -0.1) is 5.10 Å². The fourth-order valence-electron chi connectivity index (χ4n) is 1.10. The quantitative estimate of drug-likeness (QED) is 0.746. The van der Waals surface area contributed by atoms with E-state index in [9.17, 15) is 4.39 Å². The van der Waals surface area contributed by atoms with Crippen molar-refractivity contribution in [2.45, 2.75) is 6.61 Å². The van der Waals surface area contributed by atoms with E-state index in [1.165, 1.54) is 23.1 Å². The summed E-state index contributed by atoms with van der Waals surface area (Å²) in [7, 11) is 0. The summed E-state index contributed by atoms with van der Waals surface area (Å²) in [6, 6.07) is 1.26. The summed E-state index contributed by atoms with van der Waals surface area (Å²) in [6.07, 6.45) is 3.95. The number of rotatable bonds is 2. The van der Waals surface area contributed by atoms with Crippen molar-refractivity contribution in [1.82, 2.24) is 20.0 Å². The molecule has 0 fully saturated rings. The van der Waals surface area contributed by atoms with Gasteiger partial charge >= 0.3 is 0 Å². The molecule has 0 saturated heterocycles. The molecule has 0 bridgehead atoms. The first kappa shape index (κ1) is 8.76. The molecule has 5 nitrogen and oxygen atoms in total. The third kappa shape index (κ3) is 1.47. The van der Waals surface area contributed by atoms with E-state index in [0.717, 1.165) is 6.20 Å². The maximum Gasteiger partial charge on any atom is 0.143 e. The van der Waals surface area contributed by atoms with Crippen LogP contribution in [0.25, 0.3) is 5.69 Å². The minimum Gasteiger partial charge on any atom is -0.390 e. The van der Waals surface area contributed by atoms with Gasteiger partial charge in [0.05, 0.1) is 36.6 Å². The molecule has 0 aromatic carbocycles. The van der Waals surface area contributed by atoms with Crippen molar-refractivity contribution < 1.29 is 9.50 Å². The lowest BCUT2D eigenvalue weighted by atomic mass is 10.4. The van der Waals surface area contributed by atoms with E-state index in [-0.39, 0.29) is 6.61 Å². The highest BCUT2D eigenvalue weighted by molar-refractivity contribution is 5.28. The second-order valence-corrected chi connectivity index (χ2v) is 2.66. The Bertz CT molecular complexity index is 442. The van der Waals surface area contributed by atoms with E-state index in [1.807, 2.05) is 0 Å². The van der Waals surface area contributed by atoms with Gasteiger partial charge in [-0.2, -0.15) is 0 Å². The molecule has 14 heavy (non-hydrogen) atoms. The van der Waals surface area contributed by atoms with Gasteiger partial charge in [0, 0.05) is 6.07 Å². The summed E-state index contributed by atoms with van der Waals surface area (Å²) in [6.45, 7) is -0.205. The Balaban J connectivity index is 2.49. The normalized spacial score (nSPS) is 10.4. The monoisotopic (exact) mass is 194 g/mol. The topological polar surface area (TPSA) is 63.8 Å². The molecule has 2 aromatic rings. The Hall–Kier alpha value is -1.82. The molecule has 2 aromatic heterocycles. The van der Waals surface area contributed by atoms with E-state index in [4.69, 9.17) is 5.11 Å². The molecule has 1 N–H and O–H groups in total. The van der Waals surface area contributed by atoms with Crippen LogP contribution in [0.2, 0.25) is 0 Å². The van der Waals surface area contributed by atoms with Crippen LogP contribution in [0.5, 0.6) is 0 Å². The standard InChI is InChI=1S/C8H7FN4O/c9-6-1-7(3-10-2-6)13-8(5-14)4-11-12-13/h1-4,14H,5H2. The van der Waals surface area contributed by atoms with E-state index in [1.54, 1.807) is 0 Å². The van der Waals surface area contributed by atoms with Crippen LogP contribution in [-0.2, 0) is 6.61 Å². The largest absolute Gasteiger partial charge is 0.390 e. The maximum atomic E-state index is 12.8. The van der Waals surface area contributed by atoms with Crippen molar-refractivity contribution in [2.24, 2.45) is 0 Å². The highest BCUT2D eigenvalue weighted by atomic mass is 19.1. The van der Waals surface area contributed by atoms with Crippen molar-refractivity contribution in [1.29, 1.82) is 0 Å². The minimum absolute atomic E-state index is 0.205. The molecule has 0 unspecified atom stereocenters. The molecular weight excluding hydrogens is 187 g/mol. The van der Waals surface area contributed by atoms with E-state index < -0.39 is 5.82 Å². The summed E-state index contributed by atoms with van der Waals surface area (Å²) in [4.78, 5) is 3.67. The molecule has 0 aliphatic carbocycles. The van der Waals surface area contributed by atoms with Crippen LogP contribution >= 0.6 is 0 Å². The molecule has 0 amide bonds. The SMILES string of the molecule is OCc1cnnn1-c1cncc(F)c1. The number of pyridine rings is 1. The maximum absolute atomic E-state index is 12.8. The smallest absolute Gasteiger partial charge is 0.143 e. The first-order valence-corrected chi connectivity index (χ1v) is 3.92. The zero-order chi connectivity index (χ0) is 9.97. The van der Waals surface area contributed by atoms with Crippen molar-refractivity contribution in [3.05, 3.63) is 36.2 Å². The number of nitrogens with zero attached hydrogens (tertiary/aromatic N) is 4. The average molecular weight is 194 g/mol. The molecule has 0 atom stereocenters. The van der Waals surface area contributed by atoms with Crippen molar-refractivity contribution in [3.8, 4) is 5.69 Å². The lowest BCUT2D eigenvalue weighted by Gasteiger charge is -2.02. The second-order valence-electron chi connectivity index (χ2n) is 2.66. The molecule has 0 aliphatic rings. The predicted octanol–water partition coefficient (Wildman–Crippen LogP) is 0.294. The Morgan fingerprint density at radius 2 is 2.21 bits per heavy atom. The Morgan fingerprint density at radius 3 is 2.93 bits per heavy atom. The summed E-state index contributed by atoms with van der Waals surface area (Å²) in [5.41, 5.74) is 0.920. The summed E-state index contributed by atoms with van der Waals surface area (Å²) < 4.78 is 14.1. The van der Waals surface area contributed by atoms with Crippen LogP contribution in [0.1, 0.15) is 5.69 Å². The first-order valence-electron chi connectivity index (χ1n) is 3.92. The van der Waals surface area contributed by atoms with Gasteiger partial charge in [0.15, 0.2) is 0 Å². The van der Waals surface area contributed by atoms with Crippen LogP contribution in [0.3, 0.4) is 0 Å². The van der Waals surface area contributed by atoms with Crippen molar-refractivity contribution >= 4 is 0 Å². The number of hydrogen-bond acceptors (Lipinski definition) is 4. The second kappa shape index (κ2) is 3.51. The van der Waals surface area contributed by atoms with Crippen molar-refractivity contribution in [3.63, 3.8) is 0 Å². The van der Waals surface area contributed by atoms with Gasteiger partial charge in [-0.1, -0.05) is 5.21 Å². The molecule has 0 spiro atoms. The highest BCUT2D eigenvalue weighted by Crippen LogP contribution is 2.08. The molecule has 2 heterocycles. The molecule has 72 valence electrons. The van der Waals surface area contributed by atoms with Crippen LogP contribution in [-0.4, -0.2) is 25.1 Å². The average Bonchev–Trinajstić information content (AvgIpc) is 2.65. The zero-order valence-electron chi connectivity index (χ0n) is 7.13. The van der Waals surface area contributed by atoms with Crippen LogP contribution in [0.15, 0.2) is 24.7 Å². The fraction of sp³-hybridized carbons (Fsp3) is 0.125. The first-order chi connectivity index (χ1) is 6.81. The van der Waals surface area contributed by atoms with Crippen molar-refractivity contribution in [2.75, 3.05) is 0 Å². The zero-order valence-corrected chi connectivity index (χ0v) is 7.13.